The van der Waals surface area contributed by atoms with Crippen LogP contribution in [0.25, 0.3) is 10.9 Å². The van der Waals surface area contributed by atoms with Crippen LogP contribution in [0.2, 0.25) is 0 Å². The fourth-order valence-electron chi connectivity index (χ4n) is 1.65. The van der Waals surface area contributed by atoms with Crippen molar-refractivity contribution >= 4 is 22.8 Å². The van der Waals surface area contributed by atoms with Crippen molar-refractivity contribution in [2.45, 2.75) is 0 Å². The standard InChI is InChI=1S/C13H14N4O2/c1-2-7-14-13(19)17-16-12(18)10-8-15-11-6-4-3-5-9(10)11/h2-6,8,15H,1,7H2,(H,16,18)(H2,14,17,19). The van der Waals surface area contributed by atoms with Crippen molar-refractivity contribution in [2.24, 2.45) is 0 Å². The highest BCUT2D eigenvalue weighted by Crippen LogP contribution is 2.16. The predicted molar refractivity (Wildman–Crippen MR) is 72.5 cm³/mol. The van der Waals surface area contributed by atoms with Crippen LogP contribution in [-0.4, -0.2) is 23.5 Å². The molecule has 98 valence electrons. The van der Waals surface area contributed by atoms with Crippen LogP contribution in [0.3, 0.4) is 0 Å². The van der Waals surface area contributed by atoms with E-state index < -0.39 is 6.03 Å². The lowest BCUT2D eigenvalue weighted by Gasteiger charge is -2.07. The third-order valence-corrected chi connectivity index (χ3v) is 2.53. The van der Waals surface area contributed by atoms with Crippen LogP contribution < -0.4 is 16.2 Å². The maximum atomic E-state index is 11.9. The van der Waals surface area contributed by atoms with E-state index >= 15 is 0 Å². The first-order valence-corrected chi connectivity index (χ1v) is 5.73. The van der Waals surface area contributed by atoms with Crippen molar-refractivity contribution in [3.63, 3.8) is 0 Å². The number of carbonyl (C=O) groups is 2. The minimum absolute atomic E-state index is 0.328. The van der Waals surface area contributed by atoms with Crippen LogP contribution in [0.5, 0.6) is 0 Å². The number of H-pyrrole nitrogens is 1. The number of urea groups is 1. The molecule has 0 unspecified atom stereocenters. The zero-order chi connectivity index (χ0) is 13.7. The number of benzene rings is 1. The molecule has 3 amide bonds. The van der Waals surface area contributed by atoms with E-state index in [0.29, 0.717) is 12.1 Å². The summed E-state index contributed by atoms with van der Waals surface area (Å²) in [5, 5.41) is 3.28. The summed E-state index contributed by atoms with van der Waals surface area (Å²) in [5.41, 5.74) is 5.93. The number of aromatic amines is 1. The molecule has 6 nitrogen and oxygen atoms in total. The number of nitrogens with one attached hydrogen (secondary N) is 4. The van der Waals surface area contributed by atoms with E-state index in [1.807, 2.05) is 24.3 Å². The second-order valence-corrected chi connectivity index (χ2v) is 3.83. The highest BCUT2D eigenvalue weighted by Gasteiger charge is 2.11. The Hall–Kier alpha value is -2.76. The van der Waals surface area contributed by atoms with E-state index in [1.54, 1.807) is 12.3 Å². The average molecular weight is 258 g/mol. The summed E-state index contributed by atoms with van der Waals surface area (Å²) in [4.78, 5) is 26.1. The lowest BCUT2D eigenvalue weighted by molar-refractivity contribution is 0.0938. The lowest BCUT2D eigenvalue weighted by atomic mass is 10.2. The fraction of sp³-hybridized carbons (Fsp3) is 0.0769. The third kappa shape index (κ3) is 2.92. The zero-order valence-corrected chi connectivity index (χ0v) is 10.2. The summed E-state index contributed by atoms with van der Waals surface area (Å²) >= 11 is 0. The molecular formula is C13H14N4O2. The van der Waals surface area contributed by atoms with Gasteiger partial charge < -0.3 is 10.3 Å². The van der Waals surface area contributed by atoms with Gasteiger partial charge in [0, 0.05) is 23.6 Å². The molecule has 4 N–H and O–H groups in total. The molecule has 0 saturated heterocycles. The second kappa shape index (κ2) is 5.72. The molecular weight excluding hydrogens is 244 g/mol. The van der Waals surface area contributed by atoms with E-state index in [0.717, 1.165) is 10.9 Å². The van der Waals surface area contributed by atoms with Crippen LogP contribution in [0.1, 0.15) is 10.4 Å². The molecule has 2 aromatic rings. The summed E-state index contributed by atoms with van der Waals surface area (Å²) in [7, 11) is 0. The number of carbonyl (C=O) groups excluding carboxylic acids is 2. The minimum atomic E-state index is -0.493. The number of fused-ring (bicyclic) bond motifs is 1. The van der Waals surface area contributed by atoms with E-state index in [-0.39, 0.29) is 5.91 Å². The largest absolute Gasteiger partial charge is 0.360 e. The average Bonchev–Trinajstić information content (AvgIpc) is 2.86. The maximum Gasteiger partial charge on any atom is 0.333 e. The van der Waals surface area contributed by atoms with Gasteiger partial charge in [-0.15, -0.1) is 6.58 Å². The Bertz CT molecular complexity index is 618. The Kier molecular flexibility index (Phi) is 3.82. The molecule has 0 radical (unpaired) electrons. The van der Waals surface area contributed by atoms with Gasteiger partial charge in [0.2, 0.25) is 0 Å². The van der Waals surface area contributed by atoms with Gasteiger partial charge in [-0.2, -0.15) is 0 Å². The van der Waals surface area contributed by atoms with Gasteiger partial charge in [-0.25, -0.2) is 10.2 Å². The van der Waals surface area contributed by atoms with Crippen molar-refractivity contribution in [3.05, 3.63) is 48.7 Å². The van der Waals surface area contributed by atoms with Crippen LogP contribution in [0.4, 0.5) is 4.79 Å². The highest BCUT2D eigenvalue weighted by atomic mass is 16.2. The number of para-hydroxylation sites is 1. The van der Waals surface area contributed by atoms with Gasteiger partial charge in [-0.05, 0) is 6.07 Å². The summed E-state index contributed by atoms with van der Waals surface area (Å²) in [6.07, 6.45) is 3.14. The molecule has 1 heterocycles. The first kappa shape index (κ1) is 12.7. The van der Waals surface area contributed by atoms with Crippen LogP contribution in [0.15, 0.2) is 43.1 Å². The van der Waals surface area contributed by atoms with E-state index in [4.69, 9.17) is 0 Å². The molecule has 19 heavy (non-hydrogen) atoms. The molecule has 0 bridgehead atoms. The molecule has 0 saturated carbocycles. The smallest absolute Gasteiger partial charge is 0.333 e. The first-order valence-electron chi connectivity index (χ1n) is 5.73. The quantitative estimate of drug-likeness (QED) is 0.494. The van der Waals surface area contributed by atoms with Crippen LogP contribution >= 0.6 is 0 Å². The summed E-state index contributed by atoms with van der Waals surface area (Å²) in [6.45, 7) is 3.80. The van der Waals surface area contributed by atoms with Crippen molar-refractivity contribution in [3.8, 4) is 0 Å². The van der Waals surface area contributed by atoms with Gasteiger partial charge in [0.1, 0.15) is 0 Å². The number of aromatic nitrogens is 1. The Balaban J connectivity index is 2.00. The van der Waals surface area contributed by atoms with Gasteiger partial charge in [0.15, 0.2) is 0 Å². The third-order valence-electron chi connectivity index (χ3n) is 2.53. The van der Waals surface area contributed by atoms with Crippen molar-refractivity contribution in [2.75, 3.05) is 6.54 Å². The molecule has 2 rings (SSSR count). The SMILES string of the molecule is C=CCNC(=O)NNC(=O)c1c[nH]c2ccccc12. The Labute approximate surface area is 109 Å². The summed E-state index contributed by atoms with van der Waals surface area (Å²) in [6, 6.07) is 6.93. The van der Waals surface area contributed by atoms with Crippen LogP contribution in [-0.2, 0) is 0 Å². The highest BCUT2D eigenvalue weighted by molar-refractivity contribution is 6.06. The topological polar surface area (TPSA) is 86.0 Å². The van der Waals surface area contributed by atoms with Gasteiger partial charge in [0.05, 0.1) is 5.56 Å². The first-order chi connectivity index (χ1) is 9.22. The van der Waals surface area contributed by atoms with E-state index in [9.17, 15) is 9.59 Å². The van der Waals surface area contributed by atoms with E-state index in [1.165, 1.54) is 0 Å². The second-order valence-electron chi connectivity index (χ2n) is 3.83. The molecule has 0 aliphatic carbocycles. The number of amides is 3. The van der Waals surface area contributed by atoms with E-state index in [2.05, 4.69) is 27.7 Å². The van der Waals surface area contributed by atoms with Gasteiger partial charge in [0.25, 0.3) is 5.91 Å². The fourth-order valence-corrected chi connectivity index (χ4v) is 1.65. The maximum absolute atomic E-state index is 11.9. The Morgan fingerprint density at radius 2 is 2.05 bits per heavy atom. The molecule has 0 fully saturated rings. The van der Waals surface area contributed by atoms with Gasteiger partial charge in [-0.1, -0.05) is 24.3 Å². The number of hydrogen-bond donors (Lipinski definition) is 4. The number of rotatable bonds is 3. The van der Waals surface area contributed by atoms with Crippen molar-refractivity contribution < 1.29 is 9.59 Å². The molecule has 1 aromatic heterocycles. The minimum Gasteiger partial charge on any atom is -0.360 e. The lowest BCUT2D eigenvalue weighted by Crippen LogP contribution is -2.46. The molecule has 0 atom stereocenters. The molecule has 0 aliphatic rings. The number of hydrogen-bond acceptors (Lipinski definition) is 2. The zero-order valence-electron chi connectivity index (χ0n) is 10.2. The Morgan fingerprint density at radius 1 is 1.26 bits per heavy atom. The summed E-state index contributed by atoms with van der Waals surface area (Å²) < 4.78 is 0. The molecule has 1 aromatic carbocycles. The van der Waals surface area contributed by atoms with Crippen molar-refractivity contribution in [1.29, 1.82) is 0 Å². The van der Waals surface area contributed by atoms with Gasteiger partial charge >= 0.3 is 6.03 Å². The van der Waals surface area contributed by atoms with Crippen molar-refractivity contribution in [1.82, 2.24) is 21.2 Å². The Morgan fingerprint density at radius 3 is 2.84 bits per heavy atom. The monoisotopic (exact) mass is 258 g/mol. The normalized spacial score (nSPS) is 9.89. The van der Waals surface area contributed by atoms with Gasteiger partial charge in [-0.3, -0.25) is 10.2 Å². The predicted octanol–water partition coefficient (Wildman–Crippen LogP) is 1.30. The molecule has 6 heteroatoms. The van der Waals surface area contributed by atoms with Crippen LogP contribution in [0, 0.1) is 0 Å². The molecule has 0 aliphatic heterocycles. The summed E-state index contributed by atoms with van der Waals surface area (Å²) in [5.74, 6) is -0.383. The number of hydrazine groups is 1. The molecule has 0 spiro atoms.